The van der Waals surface area contributed by atoms with E-state index in [4.69, 9.17) is 21.3 Å². The summed E-state index contributed by atoms with van der Waals surface area (Å²) >= 11 is 6.88. The van der Waals surface area contributed by atoms with Gasteiger partial charge in [0, 0.05) is 37.4 Å². The quantitative estimate of drug-likeness (QED) is 0.356. The number of rotatable bonds is 5. The van der Waals surface area contributed by atoms with E-state index in [-0.39, 0.29) is 25.0 Å². The molecule has 208 valence electrons. The number of pyridine rings is 2. The number of benzene rings is 1. The van der Waals surface area contributed by atoms with E-state index in [1.165, 1.54) is 9.47 Å². The first-order valence-corrected chi connectivity index (χ1v) is 13.5. The van der Waals surface area contributed by atoms with Crippen LogP contribution in [0.25, 0.3) is 28.0 Å². The number of aromatic nitrogens is 4. The second kappa shape index (κ2) is 10.8. The number of amides is 1. The van der Waals surface area contributed by atoms with E-state index < -0.39 is 11.8 Å². The molecule has 1 aliphatic heterocycles. The number of carbonyl (C=O) groups is 1. The van der Waals surface area contributed by atoms with Gasteiger partial charge in [0.1, 0.15) is 11.6 Å². The van der Waals surface area contributed by atoms with Crippen LogP contribution in [-0.4, -0.2) is 68.4 Å². The largest absolute Gasteiger partial charge is 0.496 e. The Morgan fingerprint density at radius 1 is 1.18 bits per heavy atom. The van der Waals surface area contributed by atoms with Crippen molar-refractivity contribution >= 4 is 34.5 Å². The fourth-order valence-electron chi connectivity index (χ4n) is 5.29. The molecule has 1 saturated heterocycles. The second-order valence-electron chi connectivity index (χ2n) is 10.2. The highest BCUT2D eigenvalue weighted by Gasteiger charge is 2.31. The molecular formula is C29H31ClN6O4. The van der Waals surface area contributed by atoms with Gasteiger partial charge >= 0.3 is 11.8 Å². The number of carboxylic acid groups (broad SMARTS) is 1. The highest BCUT2D eigenvalue weighted by atomic mass is 35.5. The molecule has 0 unspecified atom stereocenters. The van der Waals surface area contributed by atoms with Gasteiger partial charge < -0.3 is 19.6 Å². The van der Waals surface area contributed by atoms with E-state index in [0.717, 1.165) is 11.3 Å². The smallest absolute Gasteiger partial charge is 0.407 e. The van der Waals surface area contributed by atoms with E-state index in [9.17, 15) is 14.7 Å². The lowest BCUT2D eigenvalue weighted by Crippen LogP contribution is -2.54. The maximum Gasteiger partial charge on any atom is 0.407 e. The predicted octanol–water partition coefficient (Wildman–Crippen LogP) is 5.13. The zero-order chi connectivity index (χ0) is 28.7. The summed E-state index contributed by atoms with van der Waals surface area (Å²) in [4.78, 5) is 43.0. The number of ether oxygens (including phenoxy) is 1. The molecule has 1 atom stereocenters. The Morgan fingerprint density at radius 2 is 1.93 bits per heavy atom. The molecule has 4 aromatic rings. The molecular weight excluding hydrogens is 532 g/mol. The van der Waals surface area contributed by atoms with Crippen molar-refractivity contribution in [2.24, 2.45) is 0 Å². The van der Waals surface area contributed by atoms with Gasteiger partial charge in [-0.2, -0.15) is 4.98 Å². The van der Waals surface area contributed by atoms with Gasteiger partial charge in [-0.1, -0.05) is 37.6 Å². The van der Waals surface area contributed by atoms with Crippen LogP contribution in [0, 0.1) is 6.92 Å². The minimum Gasteiger partial charge on any atom is -0.496 e. The molecule has 1 N–H and O–H groups in total. The van der Waals surface area contributed by atoms with E-state index in [1.807, 2.05) is 62.9 Å². The summed E-state index contributed by atoms with van der Waals surface area (Å²) in [5, 5.41) is 10.5. The third-order valence-corrected chi connectivity index (χ3v) is 7.55. The summed E-state index contributed by atoms with van der Waals surface area (Å²) in [6, 6.07) is 10.8. The number of hydrogen-bond donors (Lipinski definition) is 1. The first-order chi connectivity index (χ1) is 19.1. The Bertz CT molecular complexity index is 1670. The Morgan fingerprint density at radius 3 is 2.60 bits per heavy atom. The molecule has 0 spiro atoms. The van der Waals surface area contributed by atoms with Gasteiger partial charge in [-0.3, -0.25) is 4.98 Å². The monoisotopic (exact) mass is 562 g/mol. The Balaban J connectivity index is 1.84. The van der Waals surface area contributed by atoms with Crippen LogP contribution in [-0.2, 0) is 0 Å². The number of para-hydroxylation sites is 1. The summed E-state index contributed by atoms with van der Waals surface area (Å²) in [5.74, 6) is 1.04. The molecule has 11 heteroatoms. The van der Waals surface area contributed by atoms with E-state index in [2.05, 4.69) is 9.97 Å². The minimum absolute atomic E-state index is 0.0293. The molecule has 5 rings (SSSR count). The van der Waals surface area contributed by atoms with Crippen molar-refractivity contribution in [3.05, 3.63) is 69.4 Å². The average molecular weight is 563 g/mol. The lowest BCUT2D eigenvalue weighted by atomic mass is 10.0. The number of halogens is 1. The van der Waals surface area contributed by atoms with Crippen molar-refractivity contribution in [3.8, 4) is 22.7 Å². The summed E-state index contributed by atoms with van der Waals surface area (Å²) in [6.07, 6.45) is 0.760. The van der Waals surface area contributed by atoms with Crippen LogP contribution in [0.2, 0.25) is 5.02 Å². The summed E-state index contributed by atoms with van der Waals surface area (Å²) < 4.78 is 7.10. The molecule has 10 nitrogen and oxygen atoms in total. The lowest BCUT2D eigenvalue weighted by molar-refractivity contribution is 0.136. The van der Waals surface area contributed by atoms with E-state index in [0.29, 0.717) is 51.1 Å². The van der Waals surface area contributed by atoms with Crippen LogP contribution in [0.1, 0.15) is 37.9 Å². The van der Waals surface area contributed by atoms with Gasteiger partial charge in [0.15, 0.2) is 5.65 Å². The van der Waals surface area contributed by atoms with Crippen LogP contribution in [0.4, 0.5) is 10.6 Å². The number of fused-ring (bicyclic) bond motifs is 1. The molecule has 0 radical (unpaired) electrons. The molecule has 1 aliphatic rings. The highest BCUT2D eigenvalue weighted by molar-refractivity contribution is 6.34. The normalized spacial score (nSPS) is 15.6. The predicted molar refractivity (Wildman–Crippen MR) is 155 cm³/mol. The lowest BCUT2D eigenvalue weighted by Gasteiger charge is -2.39. The minimum atomic E-state index is -0.973. The van der Waals surface area contributed by atoms with E-state index in [1.54, 1.807) is 19.4 Å². The number of anilines is 1. The molecule has 1 amide bonds. The first-order valence-electron chi connectivity index (χ1n) is 13.1. The number of nitrogens with zero attached hydrogens (tertiary/aromatic N) is 6. The SMILES string of the molecule is COc1ccccc1-c1nc2c(cc1Cl)c(N1CCN(C(=O)O)C[C@@H]1C)nc(=O)n2-c1c(C)ccnc1C(C)C. The van der Waals surface area contributed by atoms with Gasteiger partial charge in [0.2, 0.25) is 0 Å². The molecule has 40 heavy (non-hydrogen) atoms. The van der Waals surface area contributed by atoms with Gasteiger partial charge in [0.25, 0.3) is 0 Å². The standard InChI is InChI=1S/C29H31ClN6O4/c1-16(2)23-25(17(3)10-11-31-23)36-27-20(14-21(30)24(32-27)19-8-6-7-9-22(19)40-5)26(33-28(36)37)35-13-12-34(29(38)39)15-18(35)4/h6-11,14,16,18H,12-13,15H2,1-5H3,(H,38,39)/t18-/m0/s1. The third-order valence-electron chi connectivity index (χ3n) is 7.26. The summed E-state index contributed by atoms with van der Waals surface area (Å²) in [5.41, 5.74) is 3.27. The van der Waals surface area contributed by atoms with E-state index >= 15 is 0 Å². The fourth-order valence-corrected chi connectivity index (χ4v) is 5.54. The molecule has 0 bridgehead atoms. The highest BCUT2D eigenvalue weighted by Crippen LogP contribution is 2.38. The summed E-state index contributed by atoms with van der Waals surface area (Å²) in [6.45, 7) is 8.82. The number of aryl methyl sites for hydroxylation is 1. The topological polar surface area (TPSA) is 114 Å². The maximum absolute atomic E-state index is 14.0. The fraction of sp³-hybridized carbons (Fsp3) is 0.345. The molecule has 4 heterocycles. The van der Waals surface area contributed by atoms with Gasteiger partial charge in [0.05, 0.1) is 34.6 Å². The number of hydrogen-bond acceptors (Lipinski definition) is 7. The van der Waals surface area contributed by atoms with Crippen LogP contribution in [0.3, 0.4) is 0 Å². The second-order valence-corrected chi connectivity index (χ2v) is 10.6. The van der Waals surface area contributed by atoms with Crippen molar-refractivity contribution < 1.29 is 14.6 Å². The molecule has 0 saturated carbocycles. The maximum atomic E-state index is 14.0. The molecule has 1 fully saturated rings. The van der Waals surface area contributed by atoms with Gasteiger partial charge in [-0.15, -0.1) is 0 Å². The van der Waals surface area contributed by atoms with Crippen LogP contribution in [0.15, 0.2) is 47.4 Å². The summed E-state index contributed by atoms with van der Waals surface area (Å²) in [7, 11) is 1.58. The first kappa shape index (κ1) is 27.4. The van der Waals surface area contributed by atoms with Gasteiger partial charge in [-0.05, 0) is 49.6 Å². The van der Waals surface area contributed by atoms with Gasteiger partial charge in [-0.25, -0.2) is 19.1 Å². The zero-order valence-corrected chi connectivity index (χ0v) is 23.8. The van der Waals surface area contributed by atoms with Crippen molar-refractivity contribution in [2.45, 2.75) is 39.7 Å². The van der Waals surface area contributed by atoms with Crippen molar-refractivity contribution in [1.29, 1.82) is 0 Å². The van der Waals surface area contributed by atoms with Crippen molar-refractivity contribution in [3.63, 3.8) is 0 Å². The van der Waals surface area contributed by atoms with Crippen LogP contribution in [0.5, 0.6) is 5.75 Å². The third kappa shape index (κ3) is 4.72. The zero-order valence-electron chi connectivity index (χ0n) is 23.1. The average Bonchev–Trinajstić information content (AvgIpc) is 2.93. The van der Waals surface area contributed by atoms with Crippen molar-refractivity contribution in [1.82, 2.24) is 24.4 Å². The Labute approximate surface area is 236 Å². The number of piperazine rings is 1. The molecule has 3 aromatic heterocycles. The van der Waals surface area contributed by atoms with Crippen molar-refractivity contribution in [2.75, 3.05) is 31.6 Å². The Hall–Kier alpha value is -4.18. The van der Waals surface area contributed by atoms with Crippen LogP contribution >= 0.6 is 11.6 Å². The number of methoxy groups -OCH3 is 1. The van der Waals surface area contributed by atoms with Crippen LogP contribution < -0.4 is 15.3 Å². The molecule has 1 aromatic carbocycles. The Kier molecular flexibility index (Phi) is 7.37. The molecule has 0 aliphatic carbocycles.